The Morgan fingerprint density at radius 1 is 0.629 bits per heavy atom. The fourth-order valence-electron chi connectivity index (χ4n) is 5.23. The van der Waals surface area contributed by atoms with Crippen molar-refractivity contribution < 1.29 is 19.8 Å². The van der Waals surface area contributed by atoms with Gasteiger partial charge in [-0.15, -0.1) is 0 Å². The van der Waals surface area contributed by atoms with Gasteiger partial charge in [-0.1, -0.05) is 81.1 Å². The van der Waals surface area contributed by atoms with Gasteiger partial charge >= 0.3 is 0 Å². The summed E-state index contributed by atoms with van der Waals surface area (Å²) in [5.41, 5.74) is -3.35. The van der Waals surface area contributed by atoms with E-state index >= 15 is 0 Å². The molecule has 2 unspecified atom stereocenters. The Hall–Kier alpha value is -1.14. The average molecular weight is 499 g/mol. The number of hydrogen-bond acceptors (Lipinski definition) is 4. The van der Waals surface area contributed by atoms with Crippen molar-refractivity contribution in [2.45, 2.75) is 157 Å². The van der Waals surface area contributed by atoms with Crippen molar-refractivity contribution in [3.63, 3.8) is 0 Å². The quantitative estimate of drug-likeness (QED) is 0.181. The molecule has 6 nitrogen and oxygen atoms in total. The van der Waals surface area contributed by atoms with Crippen LogP contribution in [-0.4, -0.2) is 45.3 Å². The highest BCUT2D eigenvalue weighted by Crippen LogP contribution is 2.31. The van der Waals surface area contributed by atoms with Crippen molar-refractivity contribution in [3.05, 3.63) is 0 Å². The van der Waals surface area contributed by atoms with Crippen molar-refractivity contribution >= 4 is 11.8 Å². The van der Waals surface area contributed by atoms with Gasteiger partial charge in [0.2, 0.25) is 11.8 Å². The standard InChI is InChI=1S/C29H58N2O4/c1-11-15-28(34,16-12-2)23(19-21(5)6)30-25(32)27(9,10)26(33)31-24(20-22(7)8)29(35,17-13-3)18-14-4/h21-24,34-35H,11-20H2,1-10H3,(H,30,32)(H,31,33). The molecule has 0 saturated heterocycles. The maximum Gasteiger partial charge on any atom is 0.235 e. The fourth-order valence-corrected chi connectivity index (χ4v) is 5.23. The van der Waals surface area contributed by atoms with Crippen LogP contribution in [0.4, 0.5) is 0 Å². The summed E-state index contributed by atoms with van der Waals surface area (Å²) in [5.74, 6) is -0.204. The van der Waals surface area contributed by atoms with E-state index in [1.807, 2.05) is 27.7 Å². The zero-order chi connectivity index (χ0) is 27.4. The number of aliphatic hydroxyl groups is 2. The van der Waals surface area contributed by atoms with Crippen molar-refractivity contribution in [1.82, 2.24) is 10.6 Å². The second-order valence-corrected chi connectivity index (χ2v) is 12.1. The summed E-state index contributed by atoms with van der Waals surface area (Å²) < 4.78 is 0. The SMILES string of the molecule is CCCC(O)(CCC)C(CC(C)C)NC(=O)C(C)(C)C(=O)NC(CC(C)C)C(O)(CCC)CCC. The summed E-state index contributed by atoms with van der Waals surface area (Å²) in [6, 6.07) is -0.851. The number of carbonyl (C=O) groups is 2. The van der Waals surface area contributed by atoms with Gasteiger partial charge < -0.3 is 20.8 Å². The predicted octanol–water partition coefficient (Wildman–Crippen LogP) is 5.74. The van der Waals surface area contributed by atoms with Crippen LogP contribution in [0.2, 0.25) is 0 Å². The summed E-state index contributed by atoms with van der Waals surface area (Å²) in [5, 5.41) is 29.1. The Morgan fingerprint density at radius 2 is 0.886 bits per heavy atom. The maximum atomic E-state index is 13.5. The van der Waals surface area contributed by atoms with Gasteiger partial charge in [0.15, 0.2) is 0 Å². The molecule has 0 heterocycles. The molecule has 0 aromatic rings. The third-order valence-electron chi connectivity index (χ3n) is 7.19. The minimum atomic E-state index is -1.34. The molecule has 0 aromatic heterocycles. The highest BCUT2D eigenvalue weighted by atomic mass is 16.3. The largest absolute Gasteiger partial charge is 0.388 e. The van der Waals surface area contributed by atoms with E-state index in [-0.39, 0.29) is 23.7 Å². The van der Waals surface area contributed by atoms with Gasteiger partial charge in [-0.25, -0.2) is 0 Å². The molecule has 0 aliphatic carbocycles. The molecule has 0 radical (unpaired) electrons. The number of rotatable bonds is 18. The summed E-state index contributed by atoms with van der Waals surface area (Å²) in [6.07, 6.45) is 6.94. The number of nitrogens with one attached hydrogen (secondary N) is 2. The molecule has 0 aromatic carbocycles. The molecular formula is C29H58N2O4. The van der Waals surface area contributed by atoms with Crippen molar-refractivity contribution in [2.75, 3.05) is 0 Å². The second-order valence-electron chi connectivity index (χ2n) is 12.1. The van der Waals surface area contributed by atoms with E-state index in [2.05, 4.69) is 38.3 Å². The lowest BCUT2D eigenvalue weighted by Gasteiger charge is -2.41. The van der Waals surface area contributed by atoms with E-state index in [4.69, 9.17) is 0 Å². The number of amides is 2. The van der Waals surface area contributed by atoms with Crippen LogP contribution in [0, 0.1) is 17.3 Å². The molecule has 4 N–H and O–H groups in total. The second kappa shape index (κ2) is 15.2. The Morgan fingerprint density at radius 3 is 1.09 bits per heavy atom. The molecule has 0 spiro atoms. The lowest BCUT2D eigenvalue weighted by molar-refractivity contribution is -0.145. The van der Waals surface area contributed by atoms with Gasteiger partial charge in [0, 0.05) is 0 Å². The molecule has 0 rings (SSSR count). The highest BCUT2D eigenvalue weighted by molar-refractivity contribution is 6.04. The molecule has 0 aliphatic rings. The molecule has 0 aliphatic heterocycles. The van der Waals surface area contributed by atoms with Crippen LogP contribution in [0.15, 0.2) is 0 Å². The van der Waals surface area contributed by atoms with Crippen LogP contribution in [0.1, 0.15) is 133 Å². The molecule has 208 valence electrons. The van der Waals surface area contributed by atoms with Gasteiger partial charge in [-0.3, -0.25) is 9.59 Å². The fraction of sp³-hybridized carbons (Fsp3) is 0.931. The molecule has 6 heteroatoms. The molecule has 35 heavy (non-hydrogen) atoms. The molecule has 2 atom stereocenters. The third-order valence-corrected chi connectivity index (χ3v) is 7.19. The van der Waals surface area contributed by atoms with Crippen molar-refractivity contribution in [1.29, 1.82) is 0 Å². The van der Waals surface area contributed by atoms with Crippen molar-refractivity contribution in [2.24, 2.45) is 17.3 Å². The first-order chi connectivity index (χ1) is 16.1. The van der Waals surface area contributed by atoms with Crippen LogP contribution in [0.25, 0.3) is 0 Å². The van der Waals surface area contributed by atoms with Gasteiger partial charge in [-0.05, 0) is 64.2 Å². The molecular weight excluding hydrogens is 440 g/mol. The van der Waals surface area contributed by atoms with Gasteiger partial charge in [-0.2, -0.15) is 0 Å². The molecule has 2 amide bonds. The van der Waals surface area contributed by atoms with Gasteiger partial charge in [0.1, 0.15) is 5.41 Å². The van der Waals surface area contributed by atoms with Crippen LogP contribution in [0.3, 0.4) is 0 Å². The Bertz CT molecular complexity index is 566. The van der Waals surface area contributed by atoms with E-state index in [1.165, 1.54) is 0 Å². The van der Waals surface area contributed by atoms with E-state index in [0.29, 0.717) is 38.5 Å². The summed E-state index contributed by atoms with van der Waals surface area (Å²) in [6.45, 7) is 19.7. The predicted molar refractivity (Wildman–Crippen MR) is 146 cm³/mol. The highest BCUT2D eigenvalue weighted by Gasteiger charge is 2.44. The monoisotopic (exact) mass is 498 g/mol. The normalized spacial score (nSPS) is 14.8. The summed E-state index contributed by atoms with van der Waals surface area (Å²) >= 11 is 0. The van der Waals surface area contributed by atoms with Crippen molar-refractivity contribution in [3.8, 4) is 0 Å². The molecule has 0 saturated carbocycles. The van der Waals surface area contributed by atoms with E-state index < -0.39 is 28.7 Å². The Labute approximate surface area is 216 Å². The lowest BCUT2D eigenvalue weighted by Crippen LogP contribution is -2.60. The van der Waals surface area contributed by atoms with Crippen LogP contribution in [0.5, 0.6) is 0 Å². The topological polar surface area (TPSA) is 98.7 Å². The van der Waals surface area contributed by atoms with Gasteiger partial charge in [0.25, 0.3) is 0 Å². The minimum absolute atomic E-state index is 0.283. The zero-order valence-corrected chi connectivity index (χ0v) is 24.6. The third kappa shape index (κ3) is 10.4. The summed E-state index contributed by atoms with van der Waals surface area (Å²) in [4.78, 5) is 27.0. The van der Waals surface area contributed by atoms with Crippen LogP contribution in [-0.2, 0) is 9.59 Å². The van der Waals surface area contributed by atoms with E-state index in [0.717, 1.165) is 25.7 Å². The Kier molecular flexibility index (Phi) is 14.7. The first kappa shape index (κ1) is 33.9. The smallest absolute Gasteiger partial charge is 0.235 e. The zero-order valence-electron chi connectivity index (χ0n) is 24.6. The van der Waals surface area contributed by atoms with Crippen LogP contribution < -0.4 is 10.6 Å². The maximum absolute atomic E-state index is 13.5. The van der Waals surface area contributed by atoms with Gasteiger partial charge in [0.05, 0.1) is 23.3 Å². The van der Waals surface area contributed by atoms with Crippen LogP contribution >= 0.6 is 0 Å². The lowest BCUT2D eigenvalue weighted by atomic mass is 9.79. The first-order valence-corrected chi connectivity index (χ1v) is 14.2. The summed E-state index contributed by atoms with van der Waals surface area (Å²) in [7, 11) is 0. The molecule has 0 fully saturated rings. The first-order valence-electron chi connectivity index (χ1n) is 14.2. The van der Waals surface area contributed by atoms with E-state index in [9.17, 15) is 19.8 Å². The average Bonchev–Trinajstić information content (AvgIpc) is 2.72. The minimum Gasteiger partial charge on any atom is -0.388 e. The number of carbonyl (C=O) groups excluding carboxylic acids is 2. The van der Waals surface area contributed by atoms with E-state index in [1.54, 1.807) is 13.8 Å². The number of hydrogen-bond donors (Lipinski definition) is 4. The molecule has 0 bridgehead atoms. The Balaban J connectivity index is 5.91.